The Labute approximate surface area is 206 Å². The van der Waals surface area contributed by atoms with Gasteiger partial charge < -0.3 is 15.1 Å². The first kappa shape index (κ1) is 22.1. The SMILES string of the molecule is Clc1cccc(-c2ccc(C=NNc3nc(Nc4ccccc4)nc(Nc4ccccc4)n3)o2)c1. The highest BCUT2D eigenvalue weighted by atomic mass is 35.5. The number of hydrogen-bond acceptors (Lipinski definition) is 8. The fourth-order valence-electron chi connectivity index (χ4n) is 3.21. The van der Waals surface area contributed by atoms with Crippen molar-refractivity contribution >= 4 is 47.0 Å². The lowest BCUT2D eigenvalue weighted by Crippen LogP contribution is -2.07. The van der Waals surface area contributed by atoms with Gasteiger partial charge in [-0.3, -0.25) is 0 Å². The van der Waals surface area contributed by atoms with E-state index in [-0.39, 0.29) is 5.95 Å². The van der Waals surface area contributed by atoms with E-state index >= 15 is 0 Å². The number of hydrazone groups is 1. The van der Waals surface area contributed by atoms with Crippen molar-refractivity contribution in [2.75, 3.05) is 16.1 Å². The van der Waals surface area contributed by atoms with Gasteiger partial charge in [-0.1, -0.05) is 60.1 Å². The molecule has 8 nitrogen and oxygen atoms in total. The number of furan rings is 1. The maximum absolute atomic E-state index is 6.07. The number of anilines is 5. The van der Waals surface area contributed by atoms with Crippen LogP contribution < -0.4 is 16.1 Å². The number of benzene rings is 3. The molecule has 0 spiro atoms. The molecule has 9 heteroatoms. The number of rotatable bonds is 8. The van der Waals surface area contributed by atoms with Crippen LogP contribution in [0.15, 0.2) is 107 Å². The van der Waals surface area contributed by atoms with Crippen LogP contribution in [0.4, 0.5) is 29.2 Å². The van der Waals surface area contributed by atoms with E-state index in [1.54, 1.807) is 6.21 Å². The van der Waals surface area contributed by atoms with Gasteiger partial charge in [-0.15, -0.1) is 0 Å². The summed E-state index contributed by atoms with van der Waals surface area (Å²) in [6.45, 7) is 0. The Morgan fingerprint density at radius 3 is 1.94 bits per heavy atom. The summed E-state index contributed by atoms with van der Waals surface area (Å²) >= 11 is 6.07. The van der Waals surface area contributed by atoms with Crippen LogP contribution in [0, 0.1) is 0 Å². The van der Waals surface area contributed by atoms with Crippen molar-refractivity contribution in [2.24, 2.45) is 5.10 Å². The predicted molar refractivity (Wildman–Crippen MR) is 140 cm³/mol. The number of para-hydroxylation sites is 2. The molecular weight excluding hydrogens is 462 g/mol. The topological polar surface area (TPSA) is 100 Å². The summed E-state index contributed by atoms with van der Waals surface area (Å²) in [6.07, 6.45) is 1.55. The maximum atomic E-state index is 6.07. The molecule has 0 fully saturated rings. The normalized spacial score (nSPS) is 10.9. The first-order valence-corrected chi connectivity index (χ1v) is 11.1. The second-order valence-electron chi connectivity index (χ2n) is 7.37. The summed E-state index contributed by atoms with van der Waals surface area (Å²) < 4.78 is 5.84. The summed E-state index contributed by atoms with van der Waals surface area (Å²) in [5, 5.41) is 11.2. The highest BCUT2D eigenvalue weighted by Gasteiger charge is 2.08. The Balaban J connectivity index is 1.34. The zero-order valence-electron chi connectivity index (χ0n) is 18.4. The zero-order valence-corrected chi connectivity index (χ0v) is 19.1. The smallest absolute Gasteiger partial charge is 0.250 e. The zero-order chi connectivity index (χ0) is 23.9. The average molecular weight is 482 g/mol. The number of hydrogen-bond donors (Lipinski definition) is 3. The molecule has 0 saturated carbocycles. The van der Waals surface area contributed by atoms with Crippen LogP contribution in [0.1, 0.15) is 5.76 Å². The number of nitrogens with one attached hydrogen (secondary N) is 3. The first-order valence-electron chi connectivity index (χ1n) is 10.8. The molecule has 172 valence electrons. The highest BCUT2D eigenvalue weighted by Crippen LogP contribution is 2.24. The minimum absolute atomic E-state index is 0.259. The lowest BCUT2D eigenvalue weighted by molar-refractivity contribution is 0.575. The number of nitrogens with zero attached hydrogens (tertiary/aromatic N) is 4. The molecule has 0 radical (unpaired) electrons. The van der Waals surface area contributed by atoms with E-state index in [0.717, 1.165) is 16.9 Å². The van der Waals surface area contributed by atoms with E-state index in [1.807, 2.05) is 97.1 Å². The van der Waals surface area contributed by atoms with E-state index in [1.165, 1.54) is 0 Å². The van der Waals surface area contributed by atoms with Crippen LogP contribution in [-0.4, -0.2) is 21.2 Å². The number of aromatic nitrogens is 3. The monoisotopic (exact) mass is 481 g/mol. The Bertz CT molecular complexity index is 1380. The van der Waals surface area contributed by atoms with Crippen LogP contribution in [0.2, 0.25) is 5.02 Å². The summed E-state index contributed by atoms with van der Waals surface area (Å²) in [6, 6.07) is 30.4. The Hall–Kier alpha value is -4.69. The van der Waals surface area contributed by atoms with Crippen LogP contribution in [0.25, 0.3) is 11.3 Å². The van der Waals surface area contributed by atoms with Crippen molar-refractivity contribution in [2.45, 2.75) is 0 Å². The third-order valence-electron chi connectivity index (χ3n) is 4.79. The summed E-state index contributed by atoms with van der Waals surface area (Å²) in [7, 11) is 0. The fourth-order valence-corrected chi connectivity index (χ4v) is 3.40. The van der Waals surface area contributed by atoms with Gasteiger partial charge in [-0.2, -0.15) is 20.1 Å². The van der Waals surface area contributed by atoms with Crippen molar-refractivity contribution in [3.63, 3.8) is 0 Å². The molecule has 0 aliphatic carbocycles. The second kappa shape index (κ2) is 10.5. The van der Waals surface area contributed by atoms with Crippen LogP contribution >= 0.6 is 11.6 Å². The van der Waals surface area contributed by atoms with E-state index in [0.29, 0.717) is 28.4 Å². The quantitative estimate of drug-likeness (QED) is 0.167. The molecular formula is C26H20ClN7O. The third-order valence-corrected chi connectivity index (χ3v) is 5.02. The molecule has 0 unspecified atom stereocenters. The van der Waals surface area contributed by atoms with Gasteiger partial charge in [-0.05, 0) is 48.5 Å². The molecule has 0 saturated heterocycles. The molecule has 0 atom stereocenters. The lowest BCUT2D eigenvalue weighted by Gasteiger charge is -2.10. The van der Waals surface area contributed by atoms with E-state index in [4.69, 9.17) is 16.0 Å². The number of halogens is 1. The van der Waals surface area contributed by atoms with Gasteiger partial charge in [-0.25, -0.2) is 5.43 Å². The summed E-state index contributed by atoms with van der Waals surface area (Å²) in [5.41, 5.74) is 5.43. The molecule has 0 bridgehead atoms. The highest BCUT2D eigenvalue weighted by molar-refractivity contribution is 6.30. The van der Waals surface area contributed by atoms with Crippen LogP contribution in [0.3, 0.4) is 0 Å². The molecule has 0 aliphatic rings. The predicted octanol–water partition coefficient (Wildman–Crippen LogP) is 6.72. The van der Waals surface area contributed by atoms with Crippen molar-refractivity contribution in [3.8, 4) is 11.3 Å². The van der Waals surface area contributed by atoms with Gasteiger partial charge in [0.25, 0.3) is 0 Å². The van der Waals surface area contributed by atoms with E-state index in [2.05, 4.69) is 36.1 Å². The van der Waals surface area contributed by atoms with Gasteiger partial charge >= 0.3 is 0 Å². The molecule has 2 heterocycles. The molecule has 0 aliphatic heterocycles. The van der Waals surface area contributed by atoms with Gasteiger partial charge in [0.1, 0.15) is 11.5 Å². The van der Waals surface area contributed by atoms with Crippen molar-refractivity contribution in [1.82, 2.24) is 15.0 Å². The third kappa shape index (κ3) is 6.01. The standard InChI is InChI=1S/C26H20ClN7O/c27-19-9-7-8-18(16-19)23-15-14-22(35-23)17-28-34-26-32-24(29-20-10-3-1-4-11-20)31-25(33-26)30-21-12-5-2-6-13-21/h1-17H,(H3,29,30,31,32,33,34). The molecule has 2 aromatic heterocycles. The van der Waals surface area contributed by atoms with Crippen LogP contribution in [0.5, 0.6) is 0 Å². The first-order chi connectivity index (χ1) is 17.2. The van der Waals surface area contributed by atoms with E-state index in [9.17, 15) is 0 Å². The Morgan fingerprint density at radius 1 is 0.686 bits per heavy atom. The molecule has 0 amide bonds. The lowest BCUT2D eigenvalue weighted by atomic mass is 10.2. The fraction of sp³-hybridized carbons (Fsp3) is 0. The molecule has 3 aromatic carbocycles. The molecule has 5 aromatic rings. The molecule has 5 rings (SSSR count). The van der Waals surface area contributed by atoms with Crippen molar-refractivity contribution < 1.29 is 4.42 Å². The summed E-state index contributed by atoms with van der Waals surface area (Å²) in [5.74, 6) is 2.24. The van der Waals surface area contributed by atoms with Gasteiger partial charge in [0, 0.05) is 22.0 Å². The minimum Gasteiger partial charge on any atom is -0.455 e. The van der Waals surface area contributed by atoms with Gasteiger partial charge in [0.15, 0.2) is 0 Å². The van der Waals surface area contributed by atoms with Crippen molar-refractivity contribution in [1.29, 1.82) is 0 Å². The van der Waals surface area contributed by atoms with Crippen LogP contribution in [-0.2, 0) is 0 Å². The molecule has 3 N–H and O–H groups in total. The second-order valence-corrected chi connectivity index (χ2v) is 7.81. The Morgan fingerprint density at radius 2 is 1.31 bits per heavy atom. The Kier molecular flexibility index (Phi) is 6.63. The maximum Gasteiger partial charge on any atom is 0.250 e. The van der Waals surface area contributed by atoms with Gasteiger partial charge in [0.05, 0.1) is 6.21 Å². The van der Waals surface area contributed by atoms with Crippen molar-refractivity contribution in [3.05, 3.63) is 108 Å². The minimum atomic E-state index is 0.259. The summed E-state index contributed by atoms with van der Waals surface area (Å²) in [4.78, 5) is 13.3. The van der Waals surface area contributed by atoms with E-state index < -0.39 is 0 Å². The molecule has 35 heavy (non-hydrogen) atoms. The average Bonchev–Trinajstić information content (AvgIpc) is 3.34. The largest absolute Gasteiger partial charge is 0.455 e. The van der Waals surface area contributed by atoms with Gasteiger partial charge in [0.2, 0.25) is 17.8 Å².